The second kappa shape index (κ2) is 6.27. The van der Waals surface area contributed by atoms with Gasteiger partial charge < -0.3 is 15.7 Å². The van der Waals surface area contributed by atoms with E-state index < -0.39 is 12.5 Å². The Bertz CT molecular complexity index is 148. The molecule has 0 aliphatic heterocycles. The molecule has 0 fully saturated rings. The lowest BCUT2D eigenvalue weighted by Crippen LogP contribution is -2.42. The lowest BCUT2D eigenvalue weighted by molar-refractivity contribution is -0.00312. The van der Waals surface area contributed by atoms with E-state index >= 15 is 0 Å². The summed E-state index contributed by atoms with van der Waals surface area (Å²) in [4.78, 5) is 0. The van der Waals surface area contributed by atoms with Crippen LogP contribution in [0.15, 0.2) is 0 Å². The number of aliphatic hydroxyl groups is 1. The molecule has 0 aliphatic rings. The Labute approximate surface area is 83.9 Å². The van der Waals surface area contributed by atoms with Gasteiger partial charge in [-0.05, 0) is 20.8 Å². The average Bonchev–Trinajstić information content (AvgIpc) is 2.01. The molecule has 1 atom stereocenters. The maximum atomic E-state index is 11.8. The molecule has 3 nitrogen and oxygen atoms in total. The van der Waals surface area contributed by atoms with Crippen LogP contribution in [0, 0.1) is 0 Å². The predicted octanol–water partition coefficient (Wildman–Crippen LogP) is 0.590. The van der Waals surface area contributed by atoms with Crippen molar-refractivity contribution in [2.24, 2.45) is 0 Å². The highest BCUT2D eigenvalue weighted by Crippen LogP contribution is 1.98. The van der Waals surface area contributed by atoms with E-state index in [-0.39, 0.29) is 12.1 Å². The molecule has 0 heterocycles. The van der Waals surface area contributed by atoms with Crippen LogP contribution in [0.4, 0.5) is 8.78 Å². The van der Waals surface area contributed by atoms with Crippen LogP contribution in [0.3, 0.4) is 0 Å². The summed E-state index contributed by atoms with van der Waals surface area (Å²) in [6, 6.07) is 0. The smallest absolute Gasteiger partial charge is 0.265 e. The van der Waals surface area contributed by atoms with E-state index in [1.54, 1.807) is 0 Å². The zero-order valence-electron chi connectivity index (χ0n) is 8.98. The molecule has 14 heavy (non-hydrogen) atoms. The van der Waals surface area contributed by atoms with Gasteiger partial charge in [0, 0.05) is 25.2 Å². The highest BCUT2D eigenvalue weighted by atomic mass is 19.3. The first-order chi connectivity index (χ1) is 6.33. The van der Waals surface area contributed by atoms with Gasteiger partial charge in [-0.1, -0.05) is 0 Å². The standard InChI is InChI=1S/C9H20F2N2O/c1-9(2,3)13-5-4-12-6-7(14)8(10)11/h7-8,12-14H,4-6H2,1-3H3. The Morgan fingerprint density at radius 1 is 1.21 bits per heavy atom. The first-order valence-corrected chi connectivity index (χ1v) is 4.75. The molecule has 0 rings (SSSR count). The highest BCUT2D eigenvalue weighted by Gasteiger charge is 2.15. The quantitative estimate of drug-likeness (QED) is 0.562. The Kier molecular flexibility index (Phi) is 6.15. The van der Waals surface area contributed by atoms with Crippen LogP contribution in [-0.4, -0.2) is 42.8 Å². The summed E-state index contributed by atoms with van der Waals surface area (Å²) >= 11 is 0. The summed E-state index contributed by atoms with van der Waals surface area (Å²) in [5.41, 5.74) is 0.0308. The van der Waals surface area contributed by atoms with Crippen LogP contribution in [-0.2, 0) is 0 Å². The van der Waals surface area contributed by atoms with Gasteiger partial charge in [0.15, 0.2) is 0 Å². The van der Waals surface area contributed by atoms with Crippen LogP contribution in [0.5, 0.6) is 0 Å². The SMILES string of the molecule is CC(C)(C)NCCNCC(O)C(F)F. The van der Waals surface area contributed by atoms with Gasteiger partial charge in [0.1, 0.15) is 6.10 Å². The van der Waals surface area contributed by atoms with Crippen molar-refractivity contribution in [1.29, 1.82) is 0 Å². The number of halogens is 2. The lowest BCUT2D eigenvalue weighted by Gasteiger charge is -2.20. The molecule has 0 aromatic heterocycles. The molecular weight excluding hydrogens is 190 g/mol. The maximum absolute atomic E-state index is 11.8. The van der Waals surface area contributed by atoms with Crippen molar-refractivity contribution in [2.45, 2.75) is 38.8 Å². The van der Waals surface area contributed by atoms with Crippen LogP contribution in [0.1, 0.15) is 20.8 Å². The van der Waals surface area contributed by atoms with Gasteiger partial charge in [-0.3, -0.25) is 0 Å². The highest BCUT2D eigenvalue weighted by molar-refractivity contribution is 4.71. The summed E-state index contributed by atoms with van der Waals surface area (Å²) in [6.07, 6.45) is -4.23. The second-order valence-corrected chi connectivity index (χ2v) is 4.28. The third kappa shape index (κ3) is 8.34. The zero-order chi connectivity index (χ0) is 11.2. The van der Waals surface area contributed by atoms with Crippen LogP contribution in [0.25, 0.3) is 0 Å². The van der Waals surface area contributed by atoms with E-state index in [0.29, 0.717) is 13.1 Å². The minimum Gasteiger partial charge on any atom is -0.386 e. The number of aliphatic hydroxyl groups excluding tert-OH is 1. The number of nitrogens with one attached hydrogen (secondary N) is 2. The Morgan fingerprint density at radius 3 is 2.21 bits per heavy atom. The predicted molar refractivity (Wildman–Crippen MR) is 52.6 cm³/mol. The molecule has 86 valence electrons. The summed E-state index contributed by atoms with van der Waals surface area (Å²) < 4.78 is 23.6. The number of hydrogen-bond acceptors (Lipinski definition) is 3. The summed E-state index contributed by atoms with van der Waals surface area (Å²) in [5, 5.41) is 14.7. The van der Waals surface area contributed by atoms with Crippen molar-refractivity contribution in [3.63, 3.8) is 0 Å². The zero-order valence-corrected chi connectivity index (χ0v) is 8.98. The van der Waals surface area contributed by atoms with Crippen molar-refractivity contribution in [2.75, 3.05) is 19.6 Å². The topological polar surface area (TPSA) is 44.3 Å². The van der Waals surface area contributed by atoms with Gasteiger partial charge >= 0.3 is 0 Å². The third-order valence-electron chi connectivity index (χ3n) is 1.60. The molecule has 0 bridgehead atoms. The van der Waals surface area contributed by atoms with Crippen LogP contribution < -0.4 is 10.6 Å². The third-order valence-corrected chi connectivity index (χ3v) is 1.60. The first kappa shape index (κ1) is 13.7. The molecule has 0 aliphatic carbocycles. The van der Waals surface area contributed by atoms with E-state index in [2.05, 4.69) is 10.6 Å². The minimum atomic E-state index is -2.67. The van der Waals surface area contributed by atoms with E-state index in [0.717, 1.165) is 0 Å². The first-order valence-electron chi connectivity index (χ1n) is 4.75. The van der Waals surface area contributed by atoms with Crippen molar-refractivity contribution < 1.29 is 13.9 Å². The normalized spacial score (nSPS) is 14.8. The average molecular weight is 210 g/mol. The fraction of sp³-hybridized carbons (Fsp3) is 1.00. The summed E-state index contributed by atoms with van der Waals surface area (Å²) in [5.74, 6) is 0. The van der Waals surface area contributed by atoms with Crippen molar-refractivity contribution >= 4 is 0 Å². The molecule has 0 amide bonds. The van der Waals surface area contributed by atoms with E-state index in [1.165, 1.54) is 0 Å². The number of rotatable bonds is 6. The van der Waals surface area contributed by atoms with Gasteiger partial charge in [0.25, 0.3) is 6.43 Å². The van der Waals surface area contributed by atoms with Gasteiger partial charge in [-0.15, -0.1) is 0 Å². The number of alkyl halides is 2. The summed E-state index contributed by atoms with van der Waals surface area (Å²) in [6.45, 7) is 7.28. The minimum absolute atomic E-state index is 0.0308. The Balaban J connectivity index is 3.30. The molecule has 0 spiro atoms. The number of hydrogen-bond donors (Lipinski definition) is 3. The molecule has 0 aromatic carbocycles. The van der Waals surface area contributed by atoms with E-state index in [1.807, 2.05) is 20.8 Å². The van der Waals surface area contributed by atoms with Crippen molar-refractivity contribution in [1.82, 2.24) is 10.6 Å². The van der Waals surface area contributed by atoms with E-state index in [4.69, 9.17) is 5.11 Å². The Morgan fingerprint density at radius 2 is 1.79 bits per heavy atom. The molecule has 5 heteroatoms. The Hall–Kier alpha value is -0.260. The van der Waals surface area contributed by atoms with Crippen molar-refractivity contribution in [3.8, 4) is 0 Å². The molecule has 3 N–H and O–H groups in total. The fourth-order valence-corrected chi connectivity index (χ4v) is 0.865. The molecule has 0 saturated carbocycles. The van der Waals surface area contributed by atoms with E-state index in [9.17, 15) is 8.78 Å². The molecule has 0 aromatic rings. The van der Waals surface area contributed by atoms with Gasteiger partial charge in [-0.2, -0.15) is 0 Å². The maximum Gasteiger partial charge on any atom is 0.265 e. The van der Waals surface area contributed by atoms with Gasteiger partial charge in [0.2, 0.25) is 0 Å². The largest absolute Gasteiger partial charge is 0.386 e. The van der Waals surface area contributed by atoms with Gasteiger partial charge in [0.05, 0.1) is 0 Å². The summed E-state index contributed by atoms with van der Waals surface area (Å²) in [7, 11) is 0. The molecule has 1 unspecified atom stereocenters. The van der Waals surface area contributed by atoms with Crippen LogP contribution in [0.2, 0.25) is 0 Å². The molecule has 0 radical (unpaired) electrons. The lowest BCUT2D eigenvalue weighted by atomic mass is 10.1. The molecule has 0 saturated heterocycles. The monoisotopic (exact) mass is 210 g/mol. The molecular formula is C9H20F2N2O. The second-order valence-electron chi connectivity index (χ2n) is 4.28. The van der Waals surface area contributed by atoms with Crippen molar-refractivity contribution in [3.05, 3.63) is 0 Å². The van der Waals surface area contributed by atoms with Crippen LogP contribution >= 0.6 is 0 Å². The fourth-order valence-electron chi connectivity index (χ4n) is 0.865. The van der Waals surface area contributed by atoms with Gasteiger partial charge in [-0.25, -0.2) is 8.78 Å².